The number of ether oxygens (including phenoxy) is 1. The molecule has 7 heteroatoms. The maximum Gasteiger partial charge on any atom is 0.181 e. The van der Waals surface area contributed by atoms with Crippen molar-refractivity contribution in [1.29, 1.82) is 0 Å². The van der Waals surface area contributed by atoms with E-state index in [2.05, 4.69) is 20.3 Å². The van der Waals surface area contributed by atoms with Crippen molar-refractivity contribution in [1.82, 2.24) is 20.3 Å². The number of carbonyl (C=O) groups is 1. The molecule has 156 valence electrons. The van der Waals surface area contributed by atoms with E-state index < -0.39 is 0 Å². The van der Waals surface area contributed by atoms with Gasteiger partial charge in [0.05, 0.1) is 18.1 Å². The Morgan fingerprint density at radius 3 is 2.87 bits per heavy atom. The molecule has 0 spiro atoms. The molecule has 7 nitrogen and oxygen atoms in total. The third kappa shape index (κ3) is 4.46. The number of carbonyl (C=O) groups excluding carboxylic acids is 1. The van der Waals surface area contributed by atoms with Crippen LogP contribution < -0.4 is 10.1 Å². The first kappa shape index (κ1) is 19.4. The van der Waals surface area contributed by atoms with Crippen LogP contribution in [-0.4, -0.2) is 39.9 Å². The molecule has 1 saturated heterocycles. The standard InChI is InChI=1S/C24H22N4O3/c29-22(16-2-1-3-20(10-16)31-19-6-8-25-9-7-19)12-24-27-13-18-5-4-17(11-21(18)28-24)23-14-26-15-30-23/h1-5,10-11,13-15,19,25H,6-9,12H2. The monoisotopic (exact) mass is 414 g/mol. The summed E-state index contributed by atoms with van der Waals surface area (Å²) in [6.45, 7) is 1.92. The van der Waals surface area contributed by atoms with Crippen LogP contribution in [0.2, 0.25) is 0 Å². The van der Waals surface area contributed by atoms with Gasteiger partial charge in [-0.1, -0.05) is 24.3 Å². The lowest BCUT2D eigenvalue weighted by molar-refractivity contribution is 0.0989. The van der Waals surface area contributed by atoms with Gasteiger partial charge in [-0.2, -0.15) is 0 Å². The van der Waals surface area contributed by atoms with Crippen LogP contribution in [0.4, 0.5) is 0 Å². The number of piperidine rings is 1. The highest BCUT2D eigenvalue weighted by molar-refractivity contribution is 5.97. The molecule has 0 amide bonds. The zero-order chi connectivity index (χ0) is 21.0. The average molecular weight is 414 g/mol. The summed E-state index contributed by atoms with van der Waals surface area (Å²) in [5.41, 5.74) is 2.24. The molecule has 1 aliphatic heterocycles. The molecule has 2 aromatic carbocycles. The Morgan fingerprint density at radius 1 is 1.13 bits per heavy atom. The van der Waals surface area contributed by atoms with Crippen LogP contribution in [-0.2, 0) is 6.42 Å². The average Bonchev–Trinajstić information content (AvgIpc) is 3.34. The lowest BCUT2D eigenvalue weighted by atomic mass is 10.1. The quantitative estimate of drug-likeness (QED) is 0.479. The van der Waals surface area contributed by atoms with Crippen molar-refractivity contribution in [2.75, 3.05) is 13.1 Å². The van der Waals surface area contributed by atoms with E-state index in [1.54, 1.807) is 18.5 Å². The summed E-state index contributed by atoms with van der Waals surface area (Å²) in [5.74, 6) is 1.84. The van der Waals surface area contributed by atoms with Crippen LogP contribution in [0.15, 0.2) is 65.7 Å². The minimum atomic E-state index is -0.0403. The number of nitrogens with zero attached hydrogens (tertiary/aromatic N) is 3. The molecule has 0 aliphatic carbocycles. The number of fused-ring (bicyclic) bond motifs is 1. The molecule has 0 unspecified atom stereocenters. The number of rotatable bonds is 6. The fourth-order valence-electron chi connectivity index (χ4n) is 3.75. The Labute approximate surface area is 179 Å². The van der Waals surface area contributed by atoms with Gasteiger partial charge < -0.3 is 14.5 Å². The minimum absolute atomic E-state index is 0.0403. The van der Waals surface area contributed by atoms with Crippen LogP contribution in [0.25, 0.3) is 22.2 Å². The highest BCUT2D eigenvalue weighted by Crippen LogP contribution is 2.23. The summed E-state index contributed by atoms with van der Waals surface area (Å²) < 4.78 is 11.4. The van der Waals surface area contributed by atoms with Crippen LogP contribution in [0, 0.1) is 0 Å². The number of aromatic nitrogens is 3. The van der Waals surface area contributed by atoms with Gasteiger partial charge in [-0.3, -0.25) is 4.79 Å². The zero-order valence-electron chi connectivity index (χ0n) is 17.0. The molecule has 0 radical (unpaired) electrons. The molecular weight excluding hydrogens is 392 g/mol. The Balaban J connectivity index is 1.33. The summed E-state index contributed by atoms with van der Waals surface area (Å²) in [5, 5.41) is 4.22. The molecule has 0 bridgehead atoms. The van der Waals surface area contributed by atoms with Crippen molar-refractivity contribution in [2.45, 2.75) is 25.4 Å². The van der Waals surface area contributed by atoms with Gasteiger partial charge in [0, 0.05) is 22.7 Å². The number of hydrogen-bond acceptors (Lipinski definition) is 7. The molecule has 5 rings (SSSR count). The Morgan fingerprint density at radius 2 is 2.03 bits per heavy atom. The molecule has 0 saturated carbocycles. The smallest absolute Gasteiger partial charge is 0.181 e. The van der Waals surface area contributed by atoms with Crippen molar-refractivity contribution in [3.8, 4) is 17.1 Å². The van der Waals surface area contributed by atoms with Crippen molar-refractivity contribution < 1.29 is 13.9 Å². The van der Waals surface area contributed by atoms with Crippen LogP contribution >= 0.6 is 0 Å². The topological polar surface area (TPSA) is 90.1 Å². The number of oxazole rings is 1. The van der Waals surface area contributed by atoms with Gasteiger partial charge in [0.25, 0.3) is 0 Å². The van der Waals surface area contributed by atoms with E-state index in [4.69, 9.17) is 9.15 Å². The molecule has 1 fully saturated rings. The van der Waals surface area contributed by atoms with Crippen LogP contribution in [0.5, 0.6) is 5.75 Å². The van der Waals surface area contributed by atoms with Gasteiger partial charge in [0.1, 0.15) is 17.7 Å². The highest BCUT2D eigenvalue weighted by atomic mass is 16.5. The molecule has 31 heavy (non-hydrogen) atoms. The molecule has 3 heterocycles. The Kier molecular flexibility index (Phi) is 5.41. The van der Waals surface area contributed by atoms with E-state index in [9.17, 15) is 4.79 Å². The lowest BCUT2D eigenvalue weighted by Crippen LogP contribution is -2.34. The van der Waals surface area contributed by atoms with E-state index in [-0.39, 0.29) is 18.3 Å². The van der Waals surface area contributed by atoms with E-state index in [0.29, 0.717) is 17.1 Å². The summed E-state index contributed by atoms with van der Waals surface area (Å²) >= 11 is 0. The molecule has 2 aromatic heterocycles. The van der Waals surface area contributed by atoms with Crippen molar-refractivity contribution in [3.63, 3.8) is 0 Å². The second kappa shape index (κ2) is 8.65. The van der Waals surface area contributed by atoms with Crippen molar-refractivity contribution in [3.05, 3.63) is 72.6 Å². The number of Topliss-reactive ketones (excluding diaryl/α,β-unsaturated/α-hetero) is 1. The normalized spacial score (nSPS) is 14.6. The van der Waals surface area contributed by atoms with Gasteiger partial charge in [-0.15, -0.1) is 0 Å². The fraction of sp³-hybridized carbons (Fsp3) is 0.250. The van der Waals surface area contributed by atoms with Gasteiger partial charge in [0.15, 0.2) is 17.9 Å². The highest BCUT2D eigenvalue weighted by Gasteiger charge is 2.16. The second-order valence-corrected chi connectivity index (χ2v) is 7.62. The van der Waals surface area contributed by atoms with E-state index in [1.807, 2.05) is 36.4 Å². The van der Waals surface area contributed by atoms with E-state index >= 15 is 0 Å². The van der Waals surface area contributed by atoms with E-state index in [0.717, 1.165) is 48.1 Å². The number of nitrogens with one attached hydrogen (secondary N) is 1. The van der Waals surface area contributed by atoms with Crippen molar-refractivity contribution >= 4 is 16.7 Å². The zero-order valence-corrected chi connectivity index (χ0v) is 17.0. The molecule has 4 aromatic rings. The lowest BCUT2D eigenvalue weighted by Gasteiger charge is -2.24. The maximum atomic E-state index is 12.9. The summed E-state index contributed by atoms with van der Waals surface area (Å²) in [6, 6.07) is 13.2. The summed E-state index contributed by atoms with van der Waals surface area (Å²) in [4.78, 5) is 25.8. The summed E-state index contributed by atoms with van der Waals surface area (Å²) in [7, 11) is 0. The van der Waals surface area contributed by atoms with Crippen LogP contribution in [0.3, 0.4) is 0 Å². The SMILES string of the molecule is O=C(Cc1ncc2ccc(-c3cnco3)cc2n1)c1cccc(OC2CCNCC2)c1. The van der Waals surface area contributed by atoms with Gasteiger partial charge in [0.2, 0.25) is 0 Å². The molecule has 0 atom stereocenters. The third-order valence-electron chi connectivity index (χ3n) is 5.41. The summed E-state index contributed by atoms with van der Waals surface area (Å²) in [6.07, 6.45) is 7.05. The van der Waals surface area contributed by atoms with Crippen molar-refractivity contribution in [2.24, 2.45) is 0 Å². The second-order valence-electron chi connectivity index (χ2n) is 7.62. The number of hydrogen-bond donors (Lipinski definition) is 1. The first-order chi connectivity index (χ1) is 15.2. The van der Waals surface area contributed by atoms with Gasteiger partial charge in [-0.25, -0.2) is 15.0 Å². The van der Waals surface area contributed by atoms with Gasteiger partial charge in [-0.05, 0) is 44.1 Å². The Hall–Kier alpha value is -3.58. The van der Waals surface area contributed by atoms with Gasteiger partial charge >= 0.3 is 0 Å². The Bertz CT molecular complexity index is 1200. The minimum Gasteiger partial charge on any atom is -0.490 e. The number of benzene rings is 2. The molecular formula is C24H22N4O3. The molecule has 1 N–H and O–H groups in total. The molecule has 1 aliphatic rings. The van der Waals surface area contributed by atoms with E-state index in [1.165, 1.54) is 6.39 Å². The predicted molar refractivity (Wildman–Crippen MR) is 116 cm³/mol. The largest absolute Gasteiger partial charge is 0.490 e. The predicted octanol–water partition coefficient (Wildman–Crippen LogP) is 3.84. The third-order valence-corrected chi connectivity index (χ3v) is 5.41. The number of ketones is 1. The first-order valence-electron chi connectivity index (χ1n) is 10.4. The maximum absolute atomic E-state index is 12.9. The fourth-order valence-corrected chi connectivity index (χ4v) is 3.75. The first-order valence-corrected chi connectivity index (χ1v) is 10.4. The van der Waals surface area contributed by atoms with Crippen LogP contribution in [0.1, 0.15) is 29.0 Å².